The minimum atomic E-state index is -3.84. The predicted octanol–water partition coefficient (Wildman–Crippen LogP) is 2.80. The van der Waals surface area contributed by atoms with Crippen LogP contribution in [0.4, 0.5) is 4.39 Å². The number of carbonyl (C=O) groups excluding carboxylic acids is 1. The number of likely N-dealkylation sites (N-methyl/N-ethyl adjacent to an activating group) is 1. The number of nitrogens with zero attached hydrogens (tertiary/aromatic N) is 1. The topological polar surface area (TPSA) is 66.5 Å². The van der Waals surface area contributed by atoms with Crippen LogP contribution in [0.3, 0.4) is 0 Å². The molecule has 2 rings (SSSR count). The van der Waals surface area contributed by atoms with Crippen LogP contribution in [0.1, 0.15) is 12.5 Å². The van der Waals surface area contributed by atoms with Crippen molar-refractivity contribution in [3.05, 3.63) is 64.9 Å². The molecule has 1 atom stereocenters. The van der Waals surface area contributed by atoms with Crippen molar-refractivity contribution >= 4 is 27.5 Å². The first-order valence-corrected chi connectivity index (χ1v) is 9.32. The lowest BCUT2D eigenvalue weighted by Gasteiger charge is -2.22. The minimum absolute atomic E-state index is 0.0257. The first-order chi connectivity index (χ1) is 11.7. The Kier molecular flexibility index (Phi) is 6.16. The van der Waals surface area contributed by atoms with Gasteiger partial charge in [-0.15, -0.1) is 0 Å². The smallest absolute Gasteiger partial charge is 0.241 e. The van der Waals surface area contributed by atoms with Gasteiger partial charge in [-0.25, -0.2) is 12.8 Å². The monoisotopic (exact) mass is 384 g/mol. The minimum Gasteiger partial charge on any atom is -0.340 e. The third kappa shape index (κ3) is 5.26. The number of sulfonamides is 1. The summed E-state index contributed by atoms with van der Waals surface area (Å²) in [4.78, 5) is 13.8. The van der Waals surface area contributed by atoms with Gasteiger partial charge >= 0.3 is 0 Å². The highest BCUT2D eigenvalue weighted by Crippen LogP contribution is 2.14. The molecule has 0 aliphatic rings. The second-order valence-corrected chi connectivity index (χ2v) is 7.77. The van der Waals surface area contributed by atoms with E-state index >= 15 is 0 Å². The highest BCUT2D eigenvalue weighted by Gasteiger charge is 2.24. The number of halogens is 2. The lowest BCUT2D eigenvalue weighted by molar-refractivity contribution is -0.131. The van der Waals surface area contributed by atoms with Crippen molar-refractivity contribution in [2.45, 2.75) is 24.4 Å². The Morgan fingerprint density at radius 1 is 1.16 bits per heavy atom. The van der Waals surface area contributed by atoms with Crippen LogP contribution in [0.25, 0.3) is 0 Å². The summed E-state index contributed by atoms with van der Waals surface area (Å²) in [5, 5.41) is 0.419. The molecule has 0 aliphatic heterocycles. The lowest BCUT2D eigenvalue weighted by Crippen LogP contribution is -2.45. The highest BCUT2D eigenvalue weighted by molar-refractivity contribution is 7.89. The first kappa shape index (κ1) is 19.4. The van der Waals surface area contributed by atoms with Crippen LogP contribution in [0.5, 0.6) is 0 Å². The van der Waals surface area contributed by atoms with Gasteiger partial charge in [-0.1, -0.05) is 23.7 Å². The van der Waals surface area contributed by atoms with Gasteiger partial charge in [0.25, 0.3) is 0 Å². The van der Waals surface area contributed by atoms with E-state index in [1.807, 2.05) is 0 Å². The lowest BCUT2D eigenvalue weighted by atomic mass is 10.2. The number of carbonyl (C=O) groups is 1. The molecule has 1 amide bonds. The van der Waals surface area contributed by atoms with Crippen molar-refractivity contribution in [2.24, 2.45) is 0 Å². The summed E-state index contributed by atoms with van der Waals surface area (Å²) in [5.74, 6) is -0.760. The van der Waals surface area contributed by atoms with Gasteiger partial charge in [0, 0.05) is 18.6 Å². The van der Waals surface area contributed by atoms with Crippen molar-refractivity contribution in [1.29, 1.82) is 0 Å². The van der Waals surface area contributed by atoms with Gasteiger partial charge < -0.3 is 4.90 Å². The van der Waals surface area contributed by atoms with Gasteiger partial charge in [-0.2, -0.15) is 4.72 Å². The van der Waals surface area contributed by atoms with Crippen molar-refractivity contribution < 1.29 is 17.6 Å². The summed E-state index contributed by atoms with van der Waals surface area (Å²) in [6.45, 7) is 1.71. The van der Waals surface area contributed by atoms with Crippen LogP contribution in [0.2, 0.25) is 5.02 Å². The number of hydrogen-bond donors (Lipinski definition) is 1. The van der Waals surface area contributed by atoms with Gasteiger partial charge in [-0.3, -0.25) is 4.79 Å². The third-order valence-electron chi connectivity index (χ3n) is 3.54. The number of rotatable bonds is 6. The Bertz CT molecular complexity index is 839. The molecular formula is C17H18ClFN2O3S. The molecule has 0 aromatic heterocycles. The van der Waals surface area contributed by atoms with Gasteiger partial charge in [-0.05, 0) is 48.9 Å². The molecule has 0 bridgehead atoms. The standard InChI is InChI=1S/C17H18ClFN2O3S/c1-12(20-25(23,24)16-9-5-14(18)6-10-16)17(22)21(2)11-13-3-7-15(19)8-4-13/h3-10,12,20H,11H2,1-2H3. The Labute approximate surface area is 151 Å². The van der Waals surface area contributed by atoms with Crippen LogP contribution in [0.15, 0.2) is 53.4 Å². The molecule has 0 heterocycles. The van der Waals surface area contributed by atoms with E-state index in [0.717, 1.165) is 5.56 Å². The Hall–Kier alpha value is -1.96. The number of hydrogen-bond acceptors (Lipinski definition) is 3. The van der Waals surface area contributed by atoms with Crippen molar-refractivity contribution in [2.75, 3.05) is 7.05 Å². The zero-order chi connectivity index (χ0) is 18.6. The molecule has 0 saturated carbocycles. The average molecular weight is 385 g/mol. The summed E-state index contributed by atoms with van der Waals surface area (Å²) in [6, 6.07) is 10.5. The van der Waals surface area contributed by atoms with Crippen LogP contribution in [-0.4, -0.2) is 32.3 Å². The second-order valence-electron chi connectivity index (χ2n) is 5.62. The third-order valence-corrected chi connectivity index (χ3v) is 5.34. The zero-order valence-corrected chi connectivity index (χ0v) is 15.3. The molecule has 0 fully saturated rings. The van der Waals surface area contributed by atoms with Gasteiger partial charge in [0.2, 0.25) is 15.9 Å². The molecule has 1 N–H and O–H groups in total. The van der Waals surface area contributed by atoms with Crippen molar-refractivity contribution in [3.63, 3.8) is 0 Å². The summed E-state index contributed by atoms with van der Waals surface area (Å²) in [7, 11) is -2.28. The molecular weight excluding hydrogens is 367 g/mol. The number of benzene rings is 2. The predicted molar refractivity (Wildman–Crippen MR) is 94.1 cm³/mol. The van der Waals surface area contributed by atoms with Crippen LogP contribution in [-0.2, 0) is 21.4 Å². The first-order valence-electron chi connectivity index (χ1n) is 7.46. The molecule has 0 radical (unpaired) electrons. The molecule has 2 aromatic rings. The largest absolute Gasteiger partial charge is 0.340 e. The van der Waals surface area contributed by atoms with Crippen LogP contribution < -0.4 is 4.72 Å². The maximum atomic E-state index is 12.9. The summed E-state index contributed by atoms with van der Waals surface area (Å²) >= 11 is 5.75. The second kappa shape index (κ2) is 7.95. The Morgan fingerprint density at radius 3 is 2.28 bits per heavy atom. The van der Waals surface area contributed by atoms with Crippen LogP contribution >= 0.6 is 11.6 Å². The van der Waals surface area contributed by atoms with E-state index in [9.17, 15) is 17.6 Å². The summed E-state index contributed by atoms with van der Waals surface area (Å²) in [6.07, 6.45) is 0. The molecule has 0 saturated heterocycles. The van der Waals surface area contributed by atoms with Gasteiger partial charge in [0.1, 0.15) is 5.82 Å². The van der Waals surface area contributed by atoms with Crippen molar-refractivity contribution in [3.8, 4) is 0 Å². The molecule has 0 spiro atoms. The Balaban J connectivity index is 2.03. The van der Waals surface area contributed by atoms with Crippen LogP contribution in [0, 0.1) is 5.82 Å². The molecule has 5 nitrogen and oxygen atoms in total. The van der Waals surface area contributed by atoms with E-state index in [1.165, 1.54) is 48.2 Å². The molecule has 1 unspecified atom stereocenters. The molecule has 2 aromatic carbocycles. The number of amides is 1. The van der Waals surface area contributed by atoms with Gasteiger partial charge in [0.15, 0.2) is 0 Å². The van der Waals surface area contributed by atoms with Crippen molar-refractivity contribution in [1.82, 2.24) is 9.62 Å². The van der Waals surface area contributed by atoms with E-state index in [2.05, 4.69) is 4.72 Å². The fraction of sp³-hybridized carbons (Fsp3) is 0.235. The van der Waals surface area contributed by atoms with Gasteiger partial charge in [0.05, 0.1) is 10.9 Å². The number of nitrogens with one attached hydrogen (secondary N) is 1. The summed E-state index contributed by atoms with van der Waals surface area (Å²) in [5.41, 5.74) is 0.741. The van der Waals surface area contributed by atoms with E-state index in [0.29, 0.717) is 5.02 Å². The molecule has 25 heavy (non-hydrogen) atoms. The quantitative estimate of drug-likeness (QED) is 0.832. The van der Waals surface area contributed by atoms with E-state index in [-0.39, 0.29) is 17.3 Å². The van der Waals surface area contributed by atoms with E-state index < -0.39 is 22.0 Å². The zero-order valence-electron chi connectivity index (χ0n) is 13.7. The maximum Gasteiger partial charge on any atom is 0.241 e. The summed E-state index contributed by atoms with van der Waals surface area (Å²) < 4.78 is 39.9. The van der Waals surface area contributed by atoms with E-state index in [1.54, 1.807) is 19.2 Å². The molecule has 0 aliphatic carbocycles. The fourth-order valence-corrected chi connectivity index (χ4v) is 3.56. The normalized spacial score (nSPS) is 12.6. The fourth-order valence-electron chi connectivity index (χ4n) is 2.24. The highest BCUT2D eigenvalue weighted by atomic mass is 35.5. The molecule has 134 valence electrons. The average Bonchev–Trinajstić information content (AvgIpc) is 2.56. The maximum absolute atomic E-state index is 12.9. The Morgan fingerprint density at radius 2 is 1.72 bits per heavy atom. The SMILES string of the molecule is CC(NS(=O)(=O)c1ccc(Cl)cc1)C(=O)N(C)Cc1ccc(F)cc1. The molecule has 8 heteroatoms. The van der Waals surface area contributed by atoms with E-state index in [4.69, 9.17) is 11.6 Å².